The maximum absolute atomic E-state index is 12.7. The number of fused-ring (bicyclic) bond motifs is 2. The van der Waals surface area contributed by atoms with Gasteiger partial charge in [-0.05, 0) is 73.9 Å². The summed E-state index contributed by atoms with van der Waals surface area (Å²) in [7, 11) is 0. The van der Waals surface area contributed by atoms with Crippen molar-refractivity contribution in [2.75, 3.05) is 10.6 Å². The van der Waals surface area contributed by atoms with Gasteiger partial charge in [0.1, 0.15) is 0 Å². The van der Waals surface area contributed by atoms with Crippen molar-refractivity contribution in [1.82, 2.24) is 0 Å². The first-order valence-corrected chi connectivity index (χ1v) is 9.05. The van der Waals surface area contributed by atoms with Crippen molar-refractivity contribution in [2.24, 2.45) is 23.5 Å². The van der Waals surface area contributed by atoms with Crippen molar-refractivity contribution in [2.45, 2.75) is 32.2 Å². The Kier molecular flexibility index (Phi) is 5.58. The highest BCUT2D eigenvalue weighted by Gasteiger charge is 2.49. The van der Waals surface area contributed by atoms with Gasteiger partial charge < -0.3 is 20.8 Å². The molecule has 2 fully saturated rings. The summed E-state index contributed by atoms with van der Waals surface area (Å²) in [4.78, 5) is 24.8. The van der Waals surface area contributed by atoms with Crippen LogP contribution in [-0.4, -0.2) is 17.9 Å². The molecule has 1 aromatic carbocycles. The van der Waals surface area contributed by atoms with Crippen LogP contribution in [0.1, 0.15) is 35.4 Å². The molecule has 4 N–H and O–H groups in total. The number of nitrogens with one attached hydrogen (secondary N) is 2. The van der Waals surface area contributed by atoms with Gasteiger partial charge in [-0.1, -0.05) is 0 Å². The molecule has 1 heterocycles. The smallest absolute Gasteiger partial charge is 0.291 e. The lowest BCUT2D eigenvalue weighted by Gasteiger charge is -2.27. The van der Waals surface area contributed by atoms with Crippen LogP contribution in [0.3, 0.4) is 0 Å². The van der Waals surface area contributed by atoms with Crippen LogP contribution >= 0.6 is 12.4 Å². The summed E-state index contributed by atoms with van der Waals surface area (Å²) in [5.41, 5.74) is 8.52. The highest BCUT2D eigenvalue weighted by Crippen LogP contribution is 2.47. The van der Waals surface area contributed by atoms with Gasteiger partial charge in [-0.2, -0.15) is 0 Å². The standard InChI is InChI=1S/C20H23N3O3.ClH/c1-11-9-14(6-7-15(11)23-19(24)16-3-2-8-26-16)22-20(25)17-12-4-5-13(10-12)18(17)21;/h2-3,6-9,12-13,17-18H,4-5,10,21H2,1H3,(H,22,25)(H,23,24);1H. The van der Waals surface area contributed by atoms with Gasteiger partial charge in [0.2, 0.25) is 5.91 Å². The van der Waals surface area contributed by atoms with Crippen molar-refractivity contribution in [3.05, 3.63) is 47.9 Å². The lowest BCUT2D eigenvalue weighted by atomic mass is 9.84. The molecular weight excluding hydrogens is 366 g/mol. The van der Waals surface area contributed by atoms with Gasteiger partial charge in [-0.3, -0.25) is 9.59 Å². The Morgan fingerprint density at radius 3 is 2.56 bits per heavy atom. The number of carbonyl (C=O) groups excluding carboxylic acids is 2. The van der Waals surface area contributed by atoms with Crippen LogP contribution in [0.4, 0.5) is 11.4 Å². The average Bonchev–Trinajstić information content (AvgIpc) is 3.33. The number of anilines is 2. The van der Waals surface area contributed by atoms with Gasteiger partial charge in [-0.25, -0.2) is 0 Å². The molecule has 2 aliphatic carbocycles. The molecule has 0 radical (unpaired) electrons. The monoisotopic (exact) mass is 389 g/mol. The Morgan fingerprint density at radius 1 is 1.15 bits per heavy atom. The van der Waals surface area contributed by atoms with E-state index in [0.29, 0.717) is 17.5 Å². The first-order chi connectivity index (χ1) is 12.5. The van der Waals surface area contributed by atoms with Crippen molar-refractivity contribution in [3.63, 3.8) is 0 Å². The molecule has 2 amide bonds. The van der Waals surface area contributed by atoms with E-state index in [4.69, 9.17) is 10.2 Å². The Balaban J connectivity index is 0.00000210. The quantitative estimate of drug-likeness (QED) is 0.744. The third kappa shape index (κ3) is 3.73. The Hall–Kier alpha value is -2.31. The molecule has 2 aliphatic rings. The Morgan fingerprint density at radius 2 is 1.93 bits per heavy atom. The largest absolute Gasteiger partial charge is 0.459 e. The van der Waals surface area contributed by atoms with E-state index >= 15 is 0 Å². The molecule has 1 aromatic heterocycles. The minimum Gasteiger partial charge on any atom is -0.459 e. The maximum atomic E-state index is 12.7. The molecule has 2 bridgehead atoms. The average molecular weight is 390 g/mol. The molecule has 2 aromatic rings. The molecule has 7 heteroatoms. The minimum atomic E-state index is -0.303. The molecule has 144 valence electrons. The van der Waals surface area contributed by atoms with E-state index in [-0.39, 0.29) is 41.9 Å². The summed E-state index contributed by atoms with van der Waals surface area (Å²) in [5.74, 6) is 0.790. The van der Waals surface area contributed by atoms with Gasteiger partial charge in [0.15, 0.2) is 5.76 Å². The summed E-state index contributed by atoms with van der Waals surface area (Å²) < 4.78 is 5.09. The number of furan rings is 1. The fraction of sp³-hybridized carbons (Fsp3) is 0.400. The molecule has 4 unspecified atom stereocenters. The third-order valence-electron chi connectivity index (χ3n) is 5.77. The topological polar surface area (TPSA) is 97.4 Å². The number of rotatable bonds is 4. The van der Waals surface area contributed by atoms with Crippen LogP contribution < -0.4 is 16.4 Å². The number of carbonyl (C=O) groups is 2. The lowest BCUT2D eigenvalue weighted by molar-refractivity contribution is -0.121. The SMILES string of the molecule is Cc1cc(NC(=O)C2C3CCC(C3)C2N)ccc1NC(=O)c1ccco1.Cl. The fourth-order valence-electron chi connectivity index (χ4n) is 4.42. The highest BCUT2D eigenvalue weighted by atomic mass is 35.5. The van der Waals surface area contributed by atoms with Gasteiger partial charge in [-0.15, -0.1) is 12.4 Å². The lowest BCUT2D eigenvalue weighted by Crippen LogP contribution is -2.42. The summed E-state index contributed by atoms with van der Waals surface area (Å²) in [6.07, 6.45) is 4.79. The Labute approximate surface area is 164 Å². The van der Waals surface area contributed by atoms with Crippen LogP contribution in [0.15, 0.2) is 41.0 Å². The van der Waals surface area contributed by atoms with E-state index in [9.17, 15) is 9.59 Å². The molecule has 2 saturated carbocycles. The van der Waals surface area contributed by atoms with E-state index in [1.54, 1.807) is 24.3 Å². The van der Waals surface area contributed by atoms with Crippen LogP contribution in [0, 0.1) is 24.7 Å². The first kappa shape index (κ1) is 19.5. The zero-order valence-corrected chi connectivity index (χ0v) is 15.9. The zero-order chi connectivity index (χ0) is 18.3. The molecule has 0 saturated heterocycles. The molecule has 0 aliphatic heterocycles. The number of benzene rings is 1. The summed E-state index contributed by atoms with van der Waals surface area (Å²) in [5, 5.41) is 5.81. The number of amides is 2. The Bertz CT molecular complexity index is 835. The highest BCUT2D eigenvalue weighted by molar-refractivity contribution is 6.03. The number of nitrogens with two attached hydrogens (primary N) is 1. The number of halogens is 1. The van der Waals surface area contributed by atoms with E-state index < -0.39 is 0 Å². The van der Waals surface area contributed by atoms with Crippen molar-refractivity contribution < 1.29 is 14.0 Å². The van der Waals surface area contributed by atoms with Gasteiger partial charge in [0.25, 0.3) is 5.91 Å². The summed E-state index contributed by atoms with van der Waals surface area (Å²) in [6, 6.07) is 8.68. The van der Waals surface area contributed by atoms with E-state index in [2.05, 4.69) is 10.6 Å². The van der Waals surface area contributed by atoms with Gasteiger partial charge >= 0.3 is 0 Å². The predicted molar refractivity (Wildman–Crippen MR) is 106 cm³/mol. The maximum Gasteiger partial charge on any atom is 0.291 e. The van der Waals surface area contributed by atoms with Gasteiger partial charge in [0.05, 0.1) is 12.2 Å². The fourth-order valence-corrected chi connectivity index (χ4v) is 4.42. The van der Waals surface area contributed by atoms with Crippen LogP contribution in [0.5, 0.6) is 0 Å². The van der Waals surface area contributed by atoms with E-state index in [1.807, 2.05) is 13.0 Å². The van der Waals surface area contributed by atoms with Crippen LogP contribution in [0.2, 0.25) is 0 Å². The molecule has 0 spiro atoms. The van der Waals surface area contributed by atoms with Crippen LogP contribution in [0.25, 0.3) is 0 Å². The molecule has 4 rings (SSSR count). The zero-order valence-electron chi connectivity index (χ0n) is 15.1. The van der Waals surface area contributed by atoms with Crippen LogP contribution in [-0.2, 0) is 4.79 Å². The van der Waals surface area contributed by atoms with Crippen molar-refractivity contribution >= 4 is 35.6 Å². The minimum absolute atomic E-state index is 0. The third-order valence-corrected chi connectivity index (χ3v) is 5.77. The number of aryl methyl sites for hydroxylation is 1. The van der Waals surface area contributed by atoms with E-state index in [1.165, 1.54) is 6.26 Å². The normalized spacial score (nSPS) is 25.7. The van der Waals surface area contributed by atoms with E-state index in [0.717, 1.165) is 30.5 Å². The summed E-state index contributed by atoms with van der Waals surface area (Å²) in [6.45, 7) is 1.89. The number of hydrogen-bond donors (Lipinski definition) is 3. The second-order valence-electron chi connectivity index (χ2n) is 7.39. The molecule has 27 heavy (non-hydrogen) atoms. The molecular formula is C20H24ClN3O3. The molecule has 4 atom stereocenters. The van der Waals surface area contributed by atoms with Crippen molar-refractivity contribution in [1.29, 1.82) is 0 Å². The first-order valence-electron chi connectivity index (χ1n) is 9.05. The van der Waals surface area contributed by atoms with Crippen molar-refractivity contribution in [3.8, 4) is 0 Å². The van der Waals surface area contributed by atoms with Gasteiger partial charge in [0, 0.05) is 17.4 Å². The second kappa shape index (κ2) is 7.74. The molecule has 6 nitrogen and oxygen atoms in total. The second-order valence-corrected chi connectivity index (χ2v) is 7.39. The predicted octanol–water partition coefficient (Wildman–Crippen LogP) is 3.57. The summed E-state index contributed by atoms with van der Waals surface area (Å²) >= 11 is 0. The number of hydrogen-bond acceptors (Lipinski definition) is 4.